The van der Waals surface area contributed by atoms with E-state index in [4.69, 9.17) is 4.84 Å². The average Bonchev–Trinajstić information content (AvgIpc) is 3.21. The third-order valence-electron chi connectivity index (χ3n) is 6.07. The number of hydrogen-bond acceptors (Lipinski definition) is 4. The number of hydrogen-bond donors (Lipinski definition) is 2. The molecule has 2 N–H and O–H groups in total. The first-order valence-electron chi connectivity index (χ1n) is 10.5. The van der Waals surface area contributed by atoms with Crippen LogP contribution in [0.2, 0.25) is 0 Å². The predicted octanol–water partition coefficient (Wildman–Crippen LogP) is 4.02. The second kappa shape index (κ2) is 8.89. The van der Waals surface area contributed by atoms with Crippen LogP contribution in [0, 0.1) is 0 Å². The van der Waals surface area contributed by atoms with Gasteiger partial charge in [-0.05, 0) is 60.1 Å². The van der Waals surface area contributed by atoms with E-state index in [1.165, 1.54) is 22.1 Å². The Morgan fingerprint density at radius 2 is 1.80 bits per heavy atom. The molecular weight excluding hydrogens is 398 g/mol. The normalized spacial score (nSPS) is 16.3. The highest BCUT2D eigenvalue weighted by Gasteiger charge is 2.28. The summed E-state index contributed by atoms with van der Waals surface area (Å²) in [4.78, 5) is 8.31. The van der Waals surface area contributed by atoms with Crippen molar-refractivity contribution in [3.05, 3.63) is 59.8 Å². The van der Waals surface area contributed by atoms with E-state index in [-0.39, 0.29) is 5.75 Å². The second-order valence-corrected chi connectivity index (χ2v) is 10.1. The Labute approximate surface area is 178 Å². The van der Waals surface area contributed by atoms with Crippen molar-refractivity contribution in [2.45, 2.75) is 32.2 Å². The van der Waals surface area contributed by atoms with Gasteiger partial charge in [0.1, 0.15) is 0 Å². The topological polar surface area (TPSA) is 74.4 Å². The van der Waals surface area contributed by atoms with E-state index in [1.54, 1.807) is 18.3 Å². The number of rotatable bonds is 7. The van der Waals surface area contributed by atoms with Crippen molar-refractivity contribution in [2.24, 2.45) is 0 Å². The summed E-state index contributed by atoms with van der Waals surface area (Å²) < 4.78 is 25.9. The standard InChI is InChI=1S/C23H29N3O3S/c1-3-30(27,28)26-12-10-19(11-13-26)22-16-24-23-9-8-20(14-21(22)23)18-6-4-17(5-7-18)15-25-29-2/h4-9,14,16,19,24-25H,3,10-13,15H2,1-2H3. The Bertz CT molecular complexity index is 1100. The van der Waals surface area contributed by atoms with Crippen LogP contribution in [0.3, 0.4) is 0 Å². The molecule has 1 saturated heterocycles. The van der Waals surface area contributed by atoms with E-state index in [0.717, 1.165) is 23.9 Å². The van der Waals surface area contributed by atoms with Crippen molar-refractivity contribution in [1.29, 1.82) is 0 Å². The van der Waals surface area contributed by atoms with E-state index in [1.807, 2.05) is 0 Å². The summed E-state index contributed by atoms with van der Waals surface area (Å²) in [6.07, 6.45) is 3.82. The lowest BCUT2D eigenvalue weighted by atomic mass is 9.89. The minimum Gasteiger partial charge on any atom is -0.361 e. The summed E-state index contributed by atoms with van der Waals surface area (Å²) in [6, 6.07) is 15.0. The van der Waals surface area contributed by atoms with E-state index in [9.17, 15) is 8.42 Å². The minimum atomic E-state index is -3.10. The van der Waals surface area contributed by atoms with Crippen LogP contribution in [0.25, 0.3) is 22.0 Å². The number of H-pyrrole nitrogens is 1. The molecule has 6 nitrogen and oxygen atoms in total. The van der Waals surface area contributed by atoms with Gasteiger partial charge in [-0.3, -0.25) is 0 Å². The van der Waals surface area contributed by atoms with E-state index < -0.39 is 10.0 Å². The summed E-state index contributed by atoms with van der Waals surface area (Å²) in [5.41, 5.74) is 8.80. The number of nitrogens with one attached hydrogen (secondary N) is 2. The van der Waals surface area contributed by atoms with Gasteiger partial charge in [-0.15, -0.1) is 0 Å². The second-order valence-electron chi connectivity index (χ2n) is 7.80. The van der Waals surface area contributed by atoms with Gasteiger partial charge in [-0.2, -0.15) is 5.48 Å². The van der Waals surface area contributed by atoms with Crippen LogP contribution < -0.4 is 5.48 Å². The van der Waals surface area contributed by atoms with Crippen molar-refractivity contribution < 1.29 is 13.3 Å². The van der Waals surface area contributed by atoms with E-state index >= 15 is 0 Å². The largest absolute Gasteiger partial charge is 0.361 e. The molecule has 7 heteroatoms. The maximum Gasteiger partial charge on any atom is 0.213 e. The van der Waals surface area contributed by atoms with Crippen LogP contribution >= 0.6 is 0 Å². The van der Waals surface area contributed by atoms with Gasteiger partial charge in [0.2, 0.25) is 10.0 Å². The summed E-state index contributed by atoms with van der Waals surface area (Å²) in [6.45, 7) is 3.59. The van der Waals surface area contributed by atoms with E-state index in [0.29, 0.717) is 25.6 Å². The van der Waals surface area contributed by atoms with Crippen LogP contribution in [0.1, 0.15) is 36.8 Å². The van der Waals surface area contributed by atoms with Crippen LogP contribution in [0.4, 0.5) is 0 Å². The Balaban J connectivity index is 1.55. The third-order valence-corrected chi connectivity index (χ3v) is 7.96. The lowest BCUT2D eigenvalue weighted by molar-refractivity contribution is 0.0867. The van der Waals surface area contributed by atoms with Crippen LogP contribution in [0.15, 0.2) is 48.7 Å². The van der Waals surface area contributed by atoms with Crippen LogP contribution in [-0.4, -0.2) is 43.7 Å². The van der Waals surface area contributed by atoms with Gasteiger partial charge in [0.05, 0.1) is 12.9 Å². The third kappa shape index (κ3) is 4.30. The first kappa shape index (κ1) is 21.1. The summed E-state index contributed by atoms with van der Waals surface area (Å²) in [7, 11) is -1.48. The first-order chi connectivity index (χ1) is 14.5. The number of piperidine rings is 1. The van der Waals surface area contributed by atoms with Crippen LogP contribution in [0.5, 0.6) is 0 Å². The molecule has 1 fully saturated rings. The van der Waals surface area contributed by atoms with Crippen molar-refractivity contribution in [3.8, 4) is 11.1 Å². The molecule has 0 aliphatic carbocycles. The van der Waals surface area contributed by atoms with Gasteiger partial charge >= 0.3 is 0 Å². The molecule has 1 aliphatic heterocycles. The minimum absolute atomic E-state index is 0.175. The lowest BCUT2D eigenvalue weighted by Gasteiger charge is -2.30. The Morgan fingerprint density at radius 3 is 2.47 bits per heavy atom. The molecule has 3 aromatic rings. The number of benzene rings is 2. The first-order valence-corrected chi connectivity index (χ1v) is 12.1. The SMILES string of the molecule is CCS(=O)(=O)N1CCC(c2c[nH]c3ccc(-c4ccc(CNOC)cc4)cc23)CC1. The Morgan fingerprint density at radius 1 is 1.10 bits per heavy atom. The molecule has 0 spiro atoms. The number of fused-ring (bicyclic) bond motifs is 1. The number of sulfonamides is 1. The lowest BCUT2D eigenvalue weighted by Crippen LogP contribution is -2.38. The Kier molecular flexibility index (Phi) is 6.24. The molecule has 0 amide bonds. The highest BCUT2D eigenvalue weighted by molar-refractivity contribution is 7.89. The summed E-state index contributed by atoms with van der Waals surface area (Å²) in [5.74, 6) is 0.550. The summed E-state index contributed by atoms with van der Waals surface area (Å²) in [5, 5.41) is 1.23. The van der Waals surface area contributed by atoms with E-state index in [2.05, 4.69) is 59.1 Å². The van der Waals surface area contributed by atoms with Gasteiger partial charge in [-0.25, -0.2) is 12.7 Å². The van der Waals surface area contributed by atoms with Gasteiger partial charge in [0.25, 0.3) is 0 Å². The maximum absolute atomic E-state index is 12.2. The maximum atomic E-state index is 12.2. The fraction of sp³-hybridized carbons (Fsp3) is 0.391. The monoisotopic (exact) mass is 427 g/mol. The number of nitrogens with zero attached hydrogens (tertiary/aromatic N) is 1. The van der Waals surface area contributed by atoms with Gasteiger partial charge in [0.15, 0.2) is 0 Å². The molecule has 160 valence electrons. The molecule has 4 rings (SSSR count). The molecule has 0 unspecified atom stereocenters. The number of hydroxylamine groups is 1. The fourth-order valence-electron chi connectivity index (χ4n) is 4.26. The quantitative estimate of drug-likeness (QED) is 0.559. The average molecular weight is 428 g/mol. The fourth-order valence-corrected chi connectivity index (χ4v) is 5.39. The van der Waals surface area contributed by atoms with Gasteiger partial charge in [0, 0.05) is 36.7 Å². The van der Waals surface area contributed by atoms with Crippen molar-refractivity contribution >= 4 is 20.9 Å². The van der Waals surface area contributed by atoms with Gasteiger partial charge in [-0.1, -0.05) is 30.3 Å². The van der Waals surface area contributed by atoms with Crippen molar-refractivity contribution in [1.82, 2.24) is 14.8 Å². The molecule has 0 atom stereocenters. The molecule has 2 heterocycles. The number of aromatic nitrogens is 1. The van der Waals surface area contributed by atoms with Crippen molar-refractivity contribution in [3.63, 3.8) is 0 Å². The molecule has 2 aromatic carbocycles. The molecule has 1 aliphatic rings. The molecular formula is C23H29N3O3S. The molecule has 1 aromatic heterocycles. The highest BCUT2D eigenvalue weighted by atomic mass is 32.2. The number of aromatic amines is 1. The zero-order valence-electron chi connectivity index (χ0n) is 17.5. The highest BCUT2D eigenvalue weighted by Crippen LogP contribution is 2.35. The molecule has 0 saturated carbocycles. The van der Waals surface area contributed by atoms with Crippen molar-refractivity contribution in [2.75, 3.05) is 26.0 Å². The molecule has 0 radical (unpaired) electrons. The predicted molar refractivity (Wildman–Crippen MR) is 121 cm³/mol. The summed E-state index contributed by atoms with van der Waals surface area (Å²) >= 11 is 0. The zero-order valence-corrected chi connectivity index (χ0v) is 18.3. The molecule has 0 bridgehead atoms. The Hall–Kier alpha value is -2.19. The smallest absolute Gasteiger partial charge is 0.213 e. The van der Waals surface area contributed by atoms with Gasteiger partial charge < -0.3 is 9.82 Å². The van der Waals surface area contributed by atoms with Crippen LogP contribution in [-0.2, 0) is 21.4 Å². The molecule has 30 heavy (non-hydrogen) atoms. The zero-order chi connectivity index (χ0) is 21.1.